The van der Waals surface area contributed by atoms with Crippen molar-refractivity contribution in [3.05, 3.63) is 142 Å². The Morgan fingerprint density at radius 3 is 0.920 bits per heavy atom. The first-order valence-electron chi connectivity index (χ1n) is 32.2. The molecule has 0 aliphatic rings. The van der Waals surface area contributed by atoms with Crippen molar-refractivity contribution in [3.8, 4) is 0 Å². The van der Waals surface area contributed by atoms with Crippen LogP contribution in [0.25, 0.3) is 0 Å². The van der Waals surface area contributed by atoms with Crippen LogP contribution in [-0.2, 0) is 11.5 Å². The van der Waals surface area contributed by atoms with Gasteiger partial charge in [-0.05, 0) is 98.8 Å². The molecule has 0 atom stereocenters. The Labute approximate surface area is 588 Å². The SMILES string of the molecule is [CH2-][NH2+]CCCSC.[CH2-][NH2+]CCCSC(C)C.[CH2-][NH2+]CCCSCC.[CH2-][NH2+]CCCSCCC.[CH2-][NH2+]CCCSCc1ccccc1.[CH2-][NH2+]CCSC.[CH2-][NH2+]CCSC(C)C.[CH2-][NH2+]CCSCC.[CH2-][NH2+]CCSCCC.[CH2-][NH2+]CCSCc1ccccc1. The van der Waals surface area contributed by atoms with Gasteiger partial charge in [0.2, 0.25) is 0 Å². The largest absolute Gasteiger partial charge is 0.479 e. The number of benzene rings is 2. The van der Waals surface area contributed by atoms with Gasteiger partial charge in [0.05, 0.1) is 65.4 Å². The Hall–Kier alpha value is 1.54. The summed E-state index contributed by atoms with van der Waals surface area (Å²) in [5.41, 5.74) is 2.83. The van der Waals surface area contributed by atoms with Crippen molar-refractivity contribution in [1.29, 1.82) is 0 Å². The minimum atomic E-state index is 0.773. The highest BCUT2D eigenvalue weighted by molar-refractivity contribution is 8.01. The third-order valence-corrected chi connectivity index (χ3v) is 20.1. The molecule has 526 valence electrons. The van der Waals surface area contributed by atoms with E-state index in [0.717, 1.165) is 61.3 Å². The maximum atomic E-state index is 3.71. The van der Waals surface area contributed by atoms with Gasteiger partial charge in [-0.2, -0.15) is 188 Å². The van der Waals surface area contributed by atoms with Crippen molar-refractivity contribution in [2.24, 2.45) is 0 Å². The number of quaternary nitrogens is 10. The van der Waals surface area contributed by atoms with E-state index in [4.69, 9.17) is 0 Å². The summed E-state index contributed by atoms with van der Waals surface area (Å²) in [7, 11) is 36.5. The quantitative estimate of drug-likeness (QED) is 0.0280. The fourth-order valence-electron chi connectivity index (χ4n) is 5.31. The standard InChI is InChI=1S/C11H17NS.C10H15NS.2C7H17NS.3C6H15NS.2C5H13NS.C4H11NS/c1-12-8-5-9-13-10-11-6-3-2-4-7-11;1-11-7-8-12-9-10-5-3-2-4-6-10;1-7(2)9-6-4-5-8-3;1-3-6-9-7-4-5-8-2;1-6(2)8-5-4-7-3;1-3-8-6-4-5-7-2;1-3-5-8-6-4-7-2;1-6-4-3-5-7-2;1-3-7-5-4-6-2;1-5-3-4-6-2/h2-4,6-7H,1,5,8-10,12H2;2-6H,1,7-9,11H2;7H,3-6,8H2,1-2H3;2-8H2,1H3;6H,3-5,7H2,1-2H3;2*2-7H2,1H3;1,3-6H2,2H3;2-6H2,1H3;1,3-5H2,2H3. The maximum absolute atomic E-state index is 3.71. The molecule has 0 aliphatic carbocycles. The van der Waals surface area contributed by atoms with Crippen molar-refractivity contribution < 1.29 is 53.2 Å². The average molecular weight is 1410 g/mol. The van der Waals surface area contributed by atoms with E-state index in [2.05, 4.69) is 199 Å². The summed E-state index contributed by atoms with van der Waals surface area (Å²) in [5.74, 6) is 19.8. The van der Waals surface area contributed by atoms with Gasteiger partial charge >= 0.3 is 0 Å². The van der Waals surface area contributed by atoms with Crippen molar-refractivity contribution in [1.82, 2.24) is 0 Å². The fourth-order valence-corrected chi connectivity index (χ4v) is 12.6. The number of thioether (sulfide) groups is 10. The van der Waals surface area contributed by atoms with Crippen LogP contribution in [0.3, 0.4) is 0 Å². The lowest BCUT2D eigenvalue weighted by molar-refractivity contribution is -0.595. The van der Waals surface area contributed by atoms with E-state index in [1.165, 1.54) is 163 Å². The normalized spacial score (nSPS) is 9.95. The van der Waals surface area contributed by atoms with Crippen LogP contribution >= 0.6 is 118 Å². The topological polar surface area (TPSA) is 166 Å². The average Bonchev–Trinajstić information content (AvgIpc) is 3.58. The molecular weight excluding hydrogens is 1270 g/mol. The molecule has 0 bridgehead atoms. The Bertz CT molecular complexity index is 1250. The van der Waals surface area contributed by atoms with Crippen LogP contribution < -0.4 is 53.2 Å². The Morgan fingerprint density at radius 2 is 0.575 bits per heavy atom. The van der Waals surface area contributed by atoms with Gasteiger partial charge in [0, 0.05) is 72.4 Å². The molecule has 0 unspecified atom stereocenters. The lowest BCUT2D eigenvalue weighted by Crippen LogP contribution is -2.77. The highest BCUT2D eigenvalue weighted by atomic mass is 32.2. The van der Waals surface area contributed by atoms with Crippen LogP contribution in [0.4, 0.5) is 0 Å². The number of hydrogen-bond acceptors (Lipinski definition) is 10. The predicted octanol–water partition coefficient (Wildman–Crippen LogP) is 6.03. The van der Waals surface area contributed by atoms with Crippen LogP contribution in [0, 0.1) is 70.5 Å². The van der Waals surface area contributed by atoms with Crippen LogP contribution in [0.1, 0.15) is 111 Å². The van der Waals surface area contributed by atoms with Crippen LogP contribution in [0.2, 0.25) is 0 Å². The lowest BCUT2D eigenvalue weighted by atomic mass is 10.2. The molecule has 87 heavy (non-hydrogen) atoms. The third-order valence-electron chi connectivity index (χ3n) is 9.88. The van der Waals surface area contributed by atoms with Gasteiger partial charge in [-0.25, -0.2) is 0 Å². The van der Waals surface area contributed by atoms with Gasteiger partial charge in [0.1, 0.15) is 0 Å². The molecule has 2 aromatic rings. The summed E-state index contributed by atoms with van der Waals surface area (Å²) in [6.45, 7) is 29.2. The van der Waals surface area contributed by atoms with Gasteiger partial charge in [0.15, 0.2) is 0 Å². The van der Waals surface area contributed by atoms with Gasteiger partial charge in [-0.1, -0.05) is 116 Å². The zero-order chi connectivity index (χ0) is 66.9. The third kappa shape index (κ3) is 136. The van der Waals surface area contributed by atoms with Gasteiger partial charge in [-0.3, -0.25) is 0 Å². The number of nitrogens with two attached hydrogens (primary N) is 10. The minimum Gasteiger partial charge on any atom is -0.479 e. The molecule has 0 radical (unpaired) electrons. The van der Waals surface area contributed by atoms with Crippen LogP contribution in [-0.4, -0.2) is 169 Å². The summed E-state index contributed by atoms with van der Waals surface area (Å²) in [6.07, 6.45) is 13.2. The van der Waals surface area contributed by atoms with E-state index in [9.17, 15) is 0 Å². The first kappa shape index (κ1) is 105. The molecule has 20 heteroatoms. The monoisotopic (exact) mass is 1410 g/mol. The second kappa shape index (κ2) is 112. The van der Waals surface area contributed by atoms with Crippen LogP contribution in [0.5, 0.6) is 0 Å². The number of rotatable bonds is 47. The van der Waals surface area contributed by atoms with E-state index < -0.39 is 0 Å². The van der Waals surface area contributed by atoms with Crippen molar-refractivity contribution in [3.63, 3.8) is 0 Å². The van der Waals surface area contributed by atoms with E-state index in [1.54, 1.807) is 0 Å². The zero-order valence-electron chi connectivity index (χ0n) is 58.2. The smallest absolute Gasteiger partial charge is 0.0607 e. The molecule has 0 heterocycles. The molecule has 0 spiro atoms. The predicted molar refractivity (Wildman–Crippen MR) is 423 cm³/mol. The molecule has 0 aromatic heterocycles. The number of hydrogen-bond donors (Lipinski definition) is 10. The second-order valence-electron chi connectivity index (χ2n) is 19.1. The molecule has 10 nitrogen and oxygen atoms in total. The Kier molecular flexibility index (Phi) is 135. The Morgan fingerprint density at radius 1 is 0.299 bits per heavy atom. The second-order valence-corrected chi connectivity index (χ2v) is 31.8. The summed E-state index contributed by atoms with van der Waals surface area (Å²) < 4.78 is 0. The summed E-state index contributed by atoms with van der Waals surface area (Å²) >= 11 is 19.7. The lowest BCUT2D eigenvalue weighted by Gasteiger charge is -2.03. The molecule has 2 rings (SSSR count). The van der Waals surface area contributed by atoms with E-state index in [-0.39, 0.29) is 0 Å². The van der Waals surface area contributed by atoms with E-state index in [1.807, 2.05) is 171 Å². The van der Waals surface area contributed by atoms with E-state index in [0.29, 0.717) is 0 Å². The van der Waals surface area contributed by atoms with Gasteiger partial charge < -0.3 is 53.2 Å². The zero-order valence-corrected chi connectivity index (χ0v) is 66.4. The summed E-state index contributed by atoms with van der Waals surface area (Å²) in [4.78, 5) is 0. The highest BCUT2D eigenvalue weighted by Gasteiger charge is 1.95. The molecular formula is C67H148N10S10. The first-order valence-corrected chi connectivity index (χ1v) is 44.1. The van der Waals surface area contributed by atoms with E-state index >= 15 is 0 Å². The van der Waals surface area contributed by atoms with Crippen LogP contribution in [0.15, 0.2) is 60.7 Å². The molecule has 0 saturated heterocycles. The molecule has 0 aliphatic heterocycles. The minimum absolute atomic E-state index is 0.773. The molecule has 20 N–H and O–H groups in total. The Balaban J connectivity index is -0.000000134. The molecule has 0 fully saturated rings. The van der Waals surface area contributed by atoms with Crippen molar-refractivity contribution >= 4 is 118 Å². The first-order chi connectivity index (χ1) is 42.4. The van der Waals surface area contributed by atoms with Gasteiger partial charge in [0.25, 0.3) is 0 Å². The van der Waals surface area contributed by atoms with Crippen molar-refractivity contribution in [2.45, 2.75) is 122 Å². The van der Waals surface area contributed by atoms with Gasteiger partial charge in [-0.15, -0.1) is 0 Å². The summed E-state index contributed by atoms with van der Waals surface area (Å²) in [5, 5.41) is 21.3. The molecule has 0 amide bonds. The van der Waals surface area contributed by atoms with Crippen molar-refractivity contribution in [2.75, 3.05) is 158 Å². The highest BCUT2D eigenvalue weighted by Crippen LogP contribution is 2.13. The molecule has 0 saturated carbocycles. The molecule has 2 aromatic carbocycles. The summed E-state index contributed by atoms with van der Waals surface area (Å²) in [6, 6.07) is 21.2. The fraction of sp³-hybridized carbons (Fsp3) is 0.672. The maximum Gasteiger partial charge on any atom is 0.0607 e.